The Bertz CT molecular complexity index is 933. The fourth-order valence-electron chi connectivity index (χ4n) is 2.98. The standard InChI is InChI=1S/C19H19Cl2NO3/c1-24-16-7-6-14-18(23)13-4-2-3-5-17(13)25-19(14)15(16)12-22(10-8-20)11-9-21/h2-7H,8-12H2,1H3. The van der Waals surface area contributed by atoms with E-state index < -0.39 is 0 Å². The Morgan fingerprint density at radius 1 is 1.04 bits per heavy atom. The van der Waals surface area contributed by atoms with Crippen LogP contribution in [-0.4, -0.2) is 36.9 Å². The predicted octanol–water partition coefficient (Wildman–Crippen LogP) is 4.23. The van der Waals surface area contributed by atoms with E-state index in [4.69, 9.17) is 32.4 Å². The third kappa shape index (κ3) is 3.61. The first-order valence-corrected chi connectivity index (χ1v) is 9.12. The summed E-state index contributed by atoms with van der Waals surface area (Å²) in [5.41, 5.74) is 1.91. The van der Waals surface area contributed by atoms with Crippen LogP contribution in [0.4, 0.5) is 0 Å². The lowest BCUT2D eigenvalue weighted by Crippen LogP contribution is -2.27. The van der Waals surface area contributed by atoms with Gasteiger partial charge in [-0.3, -0.25) is 9.69 Å². The number of para-hydroxylation sites is 1. The van der Waals surface area contributed by atoms with E-state index in [2.05, 4.69) is 4.90 Å². The Balaban J connectivity index is 2.22. The van der Waals surface area contributed by atoms with Gasteiger partial charge in [0, 0.05) is 31.4 Å². The molecule has 0 fully saturated rings. The van der Waals surface area contributed by atoms with Crippen LogP contribution >= 0.6 is 23.2 Å². The van der Waals surface area contributed by atoms with Crippen LogP contribution in [0.3, 0.4) is 0 Å². The summed E-state index contributed by atoms with van der Waals surface area (Å²) >= 11 is 11.8. The third-order valence-electron chi connectivity index (χ3n) is 4.21. The molecule has 4 nitrogen and oxygen atoms in total. The first kappa shape index (κ1) is 18.1. The Kier molecular flexibility index (Phi) is 5.84. The lowest BCUT2D eigenvalue weighted by atomic mass is 10.1. The molecule has 0 spiro atoms. The van der Waals surface area contributed by atoms with E-state index in [1.54, 1.807) is 25.3 Å². The number of rotatable bonds is 7. The number of hydrogen-bond acceptors (Lipinski definition) is 4. The molecule has 0 saturated heterocycles. The SMILES string of the molecule is COc1ccc2c(=O)c3ccccc3oc2c1CN(CCCl)CCCl. The smallest absolute Gasteiger partial charge is 0.200 e. The van der Waals surface area contributed by atoms with Gasteiger partial charge in [-0.05, 0) is 24.3 Å². The monoisotopic (exact) mass is 379 g/mol. The molecule has 132 valence electrons. The van der Waals surface area contributed by atoms with Gasteiger partial charge in [-0.15, -0.1) is 23.2 Å². The van der Waals surface area contributed by atoms with Crippen LogP contribution in [0.1, 0.15) is 5.56 Å². The first-order chi connectivity index (χ1) is 12.2. The molecule has 25 heavy (non-hydrogen) atoms. The second kappa shape index (κ2) is 8.09. The normalized spacial score (nSPS) is 11.5. The molecule has 3 aromatic rings. The van der Waals surface area contributed by atoms with Crippen LogP contribution in [0.2, 0.25) is 0 Å². The molecular weight excluding hydrogens is 361 g/mol. The minimum absolute atomic E-state index is 0.0398. The van der Waals surface area contributed by atoms with Crippen LogP contribution < -0.4 is 10.2 Å². The van der Waals surface area contributed by atoms with Gasteiger partial charge in [-0.25, -0.2) is 0 Å². The minimum atomic E-state index is -0.0398. The van der Waals surface area contributed by atoms with E-state index in [1.807, 2.05) is 18.2 Å². The van der Waals surface area contributed by atoms with Crippen LogP contribution in [0, 0.1) is 0 Å². The molecule has 0 aliphatic heterocycles. The van der Waals surface area contributed by atoms with Gasteiger partial charge in [0.1, 0.15) is 16.9 Å². The summed E-state index contributed by atoms with van der Waals surface area (Å²) in [5, 5.41) is 1.12. The highest BCUT2D eigenvalue weighted by atomic mass is 35.5. The van der Waals surface area contributed by atoms with Crippen LogP contribution in [0.5, 0.6) is 5.75 Å². The maximum Gasteiger partial charge on any atom is 0.200 e. The fourth-order valence-corrected chi connectivity index (χ4v) is 3.46. The van der Waals surface area contributed by atoms with E-state index in [0.717, 1.165) is 5.56 Å². The summed E-state index contributed by atoms with van der Waals surface area (Å²) in [5.74, 6) is 1.67. The molecule has 3 rings (SSSR count). The largest absolute Gasteiger partial charge is 0.496 e. The zero-order chi connectivity index (χ0) is 17.8. The van der Waals surface area contributed by atoms with Crippen molar-refractivity contribution >= 4 is 45.1 Å². The Labute approximate surface area is 155 Å². The zero-order valence-corrected chi connectivity index (χ0v) is 15.4. The molecule has 0 saturated carbocycles. The van der Waals surface area contributed by atoms with Crippen molar-refractivity contribution in [3.05, 3.63) is 52.2 Å². The Morgan fingerprint density at radius 2 is 1.76 bits per heavy atom. The van der Waals surface area contributed by atoms with Gasteiger partial charge in [-0.1, -0.05) is 12.1 Å². The van der Waals surface area contributed by atoms with Gasteiger partial charge >= 0.3 is 0 Å². The van der Waals surface area contributed by atoms with Crippen molar-refractivity contribution in [3.63, 3.8) is 0 Å². The van der Waals surface area contributed by atoms with Crippen molar-refractivity contribution in [2.75, 3.05) is 32.0 Å². The topological polar surface area (TPSA) is 42.7 Å². The second-order valence-corrected chi connectivity index (χ2v) is 6.46. The average Bonchev–Trinajstić information content (AvgIpc) is 2.63. The maximum atomic E-state index is 12.8. The number of alkyl halides is 2. The molecule has 6 heteroatoms. The number of hydrogen-bond donors (Lipinski definition) is 0. The summed E-state index contributed by atoms with van der Waals surface area (Å²) in [4.78, 5) is 14.9. The second-order valence-electron chi connectivity index (χ2n) is 5.70. The Hall–Kier alpha value is -1.75. The number of halogens is 2. The molecule has 0 atom stereocenters. The molecule has 0 bridgehead atoms. The summed E-state index contributed by atoms with van der Waals surface area (Å²) in [6, 6.07) is 10.8. The lowest BCUT2D eigenvalue weighted by Gasteiger charge is -2.22. The highest BCUT2D eigenvalue weighted by molar-refractivity contribution is 6.18. The number of ether oxygens (including phenoxy) is 1. The first-order valence-electron chi connectivity index (χ1n) is 8.05. The lowest BCUT2D eigenvalue weighted by molar-refractivity contribution is 0.292. The summed E-state index contributed by atoms with van der Waals surface area (Å²) in [7, 11) is 1.61. The molecule has 0 aliphatic rings. The highest BCUT2D eigenvalue weighted by Crippen LogP contribution is 2.30. The van der Waals surface area contributed by atoms with Crippen molar-refractivity contribution in [1.29, 1.82) is 0 Å². The summed E-state index contributed by atoms with van der Waals surface area (Å²) in [6.07, 6.45) is 0. The highest BCUT2D eigenvalue weighted by Gasteiger charge is 2.17. The molecule has 0 radical (unpaired) electrons. The van der Waals surface area contributed by atoms with Crippen molar-refractivity contribution in [3.8, 4) is 5.75 Å². The van der Waals surface area contributed by atoms with Crippen molar-refractivity contribution in [2.45, 2.75) is 6.54 Å². The average molecular weight is 380 g/mol. The van der Waals surface area contributed by atoms with Gasteiger partial charge in [0.25, 0.3) is 0 Å². The number of nitrogens with zero attached hydrogens (tertiary/aromatic N) is 1. The molecule has 1 heterocycles. The van der Waals surface area contributed by atoms with Crippen molar-refractivity contribution in [1.82, 2.24) is 4.90 Å². The van der Waals surface area contributed by atoms with Gasteiger partial charge in [0.15, 0.2) is 0 Å². The molecule has 0 aliphatic carbocycles. The number of benzene rings is 2. The zero-order valence-electron chi connectivity index (χ0n) is 13.9. The fraction of sp³-hybridized carbons (Fsp3) is 0.316. The summed E-state index contributed by atoms with van der Waals surface area (Å²) in [6.45, 7) is 1.92. The van der Waals surface area contributed by atoms with Crippen LogP contribution in [0.15, 0.2) is 45.6 Å². The van der Waals surface area contributed by atoms with E-state index in [1.165, 1.54) is 0 Å². The summed E-state index contributed by atoms with van der Waals surface area (Å²) < 4.78 is 11.6. The molecule has 0 N–H and O–H groups in total. The van der Waals surface area contributed by atoms with E-state index in [0.29, 0.717) is 59.1 Å². The molecule has 2 aromatic carbocycles. The maximum absolute atomic E-state index is 12.8. The molecule has 0 amide bonds. The van der Waals surface area contributed by atoms with Crippen LogP contribution in [0.25, 0.3) is 21.9 Å². The predicted molar refractivity (Wildman–Crippen MR) is 103 cm³/mol. The quantitative estimate of drug-likeness (QED) is 0.454. The number of fused-ring (bicyclic) bond motifs is 2. The van der Waals surface area contributed by atoms with Crippen molar-refractivity contribution in [2.24, 2.45) is 0 Å². The minimum Gasteiger partial charge on any atom is -0.496 e. The molecule has 0 unspecified atom stereocenters. The van der Waals surface area contributed by atoms with Crippen molar-refractivity contribution < 1.29 is 9.15 Å². The van der Waals surface area contributed by atoms with E-state index >= 15 is 0 Å². The van der Waals surface area contributed by atoms with E-state index in [9.17, 15) is 4.79 Å². The number of methoxy groups -OCH3 is 1. The van der Waals surface area contributed by atoms with E-state index in [-0.39, 0.29) is 5.43 Å². The van der Waals surface area contributed by atoms with Gasteiger partial charge in [-0.2, -0.15) is 0 Å². The molecule has 1 aromatic heterocycles. The van der Waals surface area contributed by atoms with Gasteiger partial charge in [0.2, 0.25) is 5.43 Å². The van der Waals surface area contributed by atoms with Crippen LogP contribution in [-0.2, 0) is 6.54 Å². The molecular formula is C19H19Cl2NO3. The van der Waals surface area contributed by atoms with Gasteiger partial charge in [0.05, 0.1) is 23.4 Å². The third-order valence-corrected chi connectivity index (χ3v) is 4.55. The van der Waals surface area contributed by atoms with Gasteiger partial charge < -0.3 is 9.15 Å². The Morgan fingerprint density at radius 3 is 2.44 bits per heavy atom.